The third-order valence-electron chi connectivity index (χ3n) is 4.51. The van der Waals surface area contributed by atoms with Gasteiger partial charge in [-0.25, -0.2) is 0 Å². The minimum Gasteiger partial charge on any atom is -0.490 e. The van der Waals surface area contributed by atoms with Gasteiger partial charge in [0.05, 0.1) is 13.2 Å². The van der Waals surface area contributed by atoms with Crippen LogP contribution in [0, 0.1) is 0 Å². The number of hydrogen-bond donors (Lipinski definition) is 1. The second-order valence-corrected chi connectivity index (χ2v) is 6.08. The fourth-order valence-electron chi connectivity index (χ4n) is 3.26. The molecule has 2 aromatic carbocycles. The Balaban J connectivity index is 1.68. The number of carbonyl (C=O) groups excluding carboxylic acids is 1. The molecule has 25 heavy (non-hydrogen) atoms. The Morgan fingerprint density at radius 2 is 1.80 bits per heavy atom. The lowest BCUT2D eigenvalue weighted by molar-refractivity contribution is -0.138. The van der Waals surface area contributed by atoms with Gasteiger partial charge in [0.15, 0.2) is 11.5 Å². The highest BCUT2D eigenvalue weighted by molar-refractivity contribution is 6.09. The number of carboxylic acid groups (broad SMARTS) is 1. The van der Waals surface area contributed by atoms with Crippen molar-refractivity contribution < 1.29 is 24.2 Å². The van der Waals surface area contributed by atoms with Gasteiger partial charge in [-0.3, -0.25) is 9.59 Å². The summed E-state index contributed by atoms with van der Waals surface area (Å²) in [6.45, 7) is 1.25. The number of ether oxygens (including phenoxy) is 2. The van der Waals surface area contributed by atoms with Gasteiger partial charge < -0.3 is 19.5 Å². The molecule has 1 atom stereocenters. The Labute approximate surface area is 144 Å². The van der Waals surface area contributed by atoms with Crippen molar-refractivity contribution in [3.8, 4) is 11.5 Å². The highest BCUT2D eigenvalue weighted by atomic mass is 16.5. The Morgan fingerprint density at radius 3 is 2.60 bits per heavy atom. The molecule has 1 unspecified atom stereocenters. The molecule has 0 radical (unpaired) electrons. The number of para-hydroxylation sites is 1. The van der Waals surface area contributed by atoms with Crippen molar-refractivity contribution in [3.05, 3.63) is 53.6 Å². The van der Waals surface area contributed by atoms with E-state index in [1.54, 1.807) is 42.5 Å². The summed E-state index contributed by atoms with van der Waals surface area (Å²) in [7, 11) is 0. The summed E-state index contributed by atoms with van der Waals surface area (Å²) in [5.74, 6) is -0.710. The van der Waals surface area contributed by atoms with Gasteiger partial charge in [-0.15, -0.1) is 0 Å². The van der Waals surface area contributed by atoms with Crippen LogP contribution in [-0.4, -0.2) is 36.7 Å². The first-order valence-electron chi connectivity index (χ1n) is 8.18. The molecule has 0 bridgehead atoms. The second-order valence-electron chi connectivity index (χ2n) is 6.08. The average Bonchev–Trinajstić information content (AvgIpc) is 2.85. The van der Waals surface area contributed by atoms with Crippen LogP contribution in [0.1, 0.15) is 28.3 Å². The van der Waals surface area contributed by atoms with E-state index in [-0.39, 0.29) is 12.5 Å². The standard InChI is InChI=1S/C19H17NO5/c21-18(12-6-7-16-17(10-12)25-9-3-8-24-16)20-11-14(19(22)23)13-4-1-2-5-15(13)20/h1-2,4-7,10,14H,3,8-9,11H2,(H,22,23). The molecule has 2 aromatic rings. The molecule has 0 fully saturated rings. The number of fused-ring (bicyclic) bond motifs is 2. The van der Waals surface area contributed by atoms with Gasteiger partial charge >= 0.3 is 5.97 Å². The lowest BCUT2D eigenvalue weighted by atomic mass is 10.0. The molecular formula is C19H17NO5. The molecule has 0 saturated heterocycles. The van der Waals surface area contributed by atoms with Crippen LogP contribution in [0.4, 0.5) is 5.69 Å². The van der Waals surface area contributed by atoms with Crippen molar-refractivity contribution in [2.75, 3.05) is 24.7 Å². The predicted molar refractivity (Wildman–Crippen MR) is 90.5 cm³/mol. The van der Waals surface area contributed by atoms with E-state index in [2.05, 4.69) is 0 Å². The molecule has 0 aliphatic carbocycles. The minimum atomic E-state index is -0.929. The highest BCUT2D eigenvalue weighted by Gasteiger charge is 2.36. The molecule has 2 aliphatic heterocycles. The Morgan fingerprint density at radius 1 is 1.04 bits per heavy atom. The lowest BCUT2D eigenvalue weighted by Crippen LogP contribution is -2.31. The first-order chi connectivity index (χ1) is 12.1. The van der Waals surface area contributed by atoms with Crippen molar-refractivity contribution >= 4 is 17.6 Å². The number of aliphatic carboxylic acids is 1. The maximum Gasteiger partial charge on any atom is 0.312 e. The monoisotopic (exact) mass is 339 g/mol. The van der Waals surface area contributed by atoms with Crippen molar-refractivity contribution in [2.24, 2.45) is 0 Å². The summed E-state index contributed by atoms with van der Waals surface area (Å²) in [5, 5.41) is 9.44. The van der Waals surface area contributed by atoms with Gasteiger partial charge in [0.25, 0.3) is 5.91 Å². The van der Waals surface area contributed by atoms with Crippen LogP contribution in [0.25, 0.3) is 0 Å². The maximum absolute atomic E-state index is 13.0. The van der Waals surface area contributed by atoms with Crippen molar-refractivity contribution in [3.63, 3.8) is 0 Å². The van der Waals surface area contributed by atoms with Crippen molar-refractivity contribution in [1.82, 2.24) is 0 Å². The van der Waals surface area contributed by atoms with Gasteiger partial charge in [0.1, 0.15) is 5.92 Å². The first kappa shape index (κ1) is 15.5. The summed E-state index contributed by atoms with van der Waals surface area (Å²) in [5.41, 5.74) is 1.76. The van der Waals surface area contributed by atoms with E-state index < -0.39 is 11.9 Å². The van der Waals surface area contributed by atoms with Gasteiger partial charge in [-0.05, 0) is 29.8 Å². The second kappa shape index (κ2) is 6.12. The molecule has 6 nitrogen and oxygen atoms in total. The van der Waals surface area contributed by atoms with Crippen LogP contribution in [0.3, 0.4) is 0 Å². The van der Waals surface area contributed by atoms with Gasteiger partial charge in [0, 0.05) is 24.2 Å². The van der Waals surface area contributed by atoms with Gasteiger partial charge in [-0.2, -0.15) is 0 Å². The summed E-state index contributed by atoms with van der Waals surface area (Å²) < 4.78 is 11.2. The van der Waals surface area contributed by atoms with E-state index in [4.69, 9.17) is 9.47 Å². The molecule has 4 rings (SSSR count). The van der Waals surface area contributed by atoms with Gasteiger partial charge in [0.2, 0.25) is 0 Å². The van der Waals surface area contributed by atoms with E-state index in [1.807, 2.05) is 0 Å². The number of hydrogen-bond acceptors (Lipinski definition) is 4. The summed E-state index contributed by atoms with van der Waals surface area (Å²) in [6, 6.07) is 12.2. The summed E-state index contributed by atoms with van der Waals surface area (Å²) in [6.07, 6.45) is 0.789. The third-order valence-corrected chi connectivity index (χ3v) is 4.51. The SMILES string of the molecule is O=C(O)C1CN(C(=O)c2ccc3c(c2)OCCCO3)c2ccccc21. The first-order valence-corrected chi connectivity index (χ1v) is 8.18. The van der Waals surface area contributed by atoms with E-state index in [0.29, 0.717) is 41.5 Å². The smallest absolute Gasteiger partial charge is 0.312 e. The zero-order chi connectivity index (χ0) is 17.4. The zero-order valence-electron chi connectivity index (χ0n) is 13.5. The topological polar surface area (TPSA) is 76.1 Å². The zero-order valence-corrected chi connectivity index (χ0v) is 13.5. The molecule has 0 saturated carbocycles. The number of nitrogens with zero attached hydrogens (tertiary/aromatic N) is 1. The Kier molecular flexibility index (Phi) is 3.80. The molecule has 6 heteroatoms. The molecular weight excluding hydrogens is 322 g/mol. The van der Waals surface area contributed by atoms with Crippen LogP contribution in [0.5, 0.6) is 11.5 Å². The van der Waals surface area contributed by atoms with E-state index in [1.165, 1.54) is 4.90 Å². The van der Waals surface area contributed by atoms with Crippen molar-refractivity contribution in [2.45, 2.75) is 12.3 Å². The number of carboxylic acids is 1. The minimum absolute atomic E-state index is 0.127. The largest absolute Gasteiger partial charge is 0.490 e. The fraction of sp³-hybridized carbons (Fsp3) is 0.263. The van der Waals surface area contributed by atoms with E-state index >= 15 is 0 Å². The number of rotatable bonds is 2. The summed E-state index contributed by atoms with van der Waals surface area (Å²) in [4.78, 5) is 26.0. The van der Waals surface area contributed by atoms with Crippen molar-refractivity contribution in [1.29, 1.82) is 0 Å². The number of benzene rings is 2. The third kappa shape index (κ3) is 2.69. The van der Waals surface area contributed by atoms with E-state index in [9.17, 15) is 14.7 Å². The molecule has 1 N–H and O–H groups in total. The summed E-state index contributed by atoms with van der Waals surface area (Å²) >= 11 is 0. The lowest BCUT2D eigenvalue weighted by Gasteiger charge is -2.18. The van der Waals surface area contributed by atoms with Crippen LogP contribution in [0.15, 0.2) is 42.5 Å². The molecule has 1 amide bonds. The molecule has 0 spiro atoms. The Bertz CT molecular complexity index is 847. The normalized spacial score (nSPS) is 18.4. The molecule has 2 aliphatic rings. The van der Waals surface area contributed by atoms with E-state index in [0.717, 1.165) is 6.42 Å². The average molecular weight is 339 g/mol. The predicted octanol–water partition coefficient (Wildman–Crippen LogP) is 2.68. The molecule has 128 valence electrons. The van der Waals surface area contributed by atoms with Crippen LogP contribution >= 0.6 is 0 Å². The maximum atomic E-state index is 13.0. The van der Waals surface area contributed by atoms with Gasteiger partial charge in [-0.1, -0.05) is 18.2 Å². The number of amides is 1. The van der Waals surface area contributed by atoms with Crippen LogP contribution < -0.4 is 14.4 Å². The molecule has 2 heterocycles. The fourth-order valence-corrected chi connectivity index (χ4v) is 3.26. The van der Waals surface area contributed by atoms with Crippen LogP contribution in [-0.2, 0) is 4.79 Å². The highest BCUT2D eigenvalue weighted by Crippen LogP contribution is 2.38. The number of carbonyl (C=O) groups is 2. The molecule has 0 aromatic heterocycles. The Hall–Kier alpha value is -3.02. The quantitative estimate of drug-likeness (QED) is 0.910. The number of anilines is 1. The van der Waals surface area contributed by atoms with Crippen LogP contribution in [0.2, 0.25) is 0 Å².